The normalized spacial score (nSPS) is 15.1. The van der Waals surface area contributed by atoms with Gasteiger partial charge in [0.05, 0.1) is 19.8 Å². The minimum atomic E-state index is -0.0405. The number of hydrogen-bond acceptors (Lipinski definition) is 4. The Morgan fingerprint density at radius 3 is 2.57 bits per heavy atom. The van der Waals surface area contributed by atoms with Gasteiger partial charge in [0.2, 0.25) is 0 Å². The molecule has 1 saturated heterocycles. The molecule has 0 bridgehead atoms. The van der Waals surface area contributed by atoms with E-state index < -0.39 is 0 Å². The molecule has 0 saturated carbocycles. The highest BCUT2D eigenvalue weighted by molar-refractivity contribution is 5.94. The van der Waals surface area contributed by atoms with Gasteiger partial charge >= 0.3 is 0 Å². The lowest BCUT2D eigenvalue weighted by Crippen LogP contribution is -3.00. The van der Waals surface area contributed by atoms with Crippen molar-refractivity contribution in [3.63, 3.8) is 0 Å². The van der Waals surface area contributed by atoms with Crippen LogP contribution in [0.3, 0.4) is 0 Å². The van der Waals surface area contributed by atoms with Crippen LogP contribution in [0.25, 0.3) is 0 Å². The van der Waals surface area contributed by atoms with Crippen LogP contribution in [-0.4, -0.2) is 56.8 Å². The molecule has 1 aromatic rings. The summed E-state index contributed by atoms with van der Waals surface area (Å²) in [6, 6.07) is 7.21. The fraction of sp³-hybridized carbons (Fsp3) is 0.533. The van der Waals surface area contributed by atoms with E-state index in [1.54, 1.807) is 12.1 Å². The molecule has 6 heteroatoms. The van der Waals surface area contributed by atoms with Crippen LogP contribution in [0.1, 0.15) is 17.3 Å². The van der Waals surface area contributed by atoms with Gasteiger partial charge in [-0.3, -0.25) is 9.69 Å². The van der Waals surface area contributed by atoms with E-state index in [0.717, 1.165) is 38.6 Å². The molecule has 1 aliphatic rings. The van der Waals surface area contributed by atoms with Gasteiger partial charge in [0, 0.05) is 31.7 Å². The van der Waals surface area contributed by atoms with E-state index in [0.29, 0.717) is 18.7 Å². The molecule has 118 valence electrons. The number of halogens is 1. The third kappa shape index (κ3) is 5.91. The summed E-state index contributed by atoms with van der Waals surface area (Å²) in [6.45, 7) is 7.55. The van der Waals surface area contributed by atoms with Gasteiger partial charge in [0.15, 0.2) is 0 Å². The lowest BCUT2D eigenvalue weighted by Gasteiger charge is -2.26. The van der Waals surface area contributed by atoms with Crippen molar-refractivity contribution in [1.29, 1.82) is 0 Å². The monoisotopic (exact) mass is 313 g/mol. The number of nitrogens with one attached hydrogen (secondary N) is 1. The molecule has 1 N–H and O–H groups in total. The summed E-state index contributed by atoms with van der Waals surface area (Å²) in [5.74, 6) is 0.749. The van der Waals surface area contributed by atoms with Crippen LogP contribution < -0.4 is 22.5 Å². The Morgan fingerprint density at radius 2 is 1.95 bits per heavy atom. The molecule has 21 heavy (non-hydrogen) atoms. The zero-order valence-corrected chi connectivity index (χ0v) is 13.1. The van der Waals surface area contributed by atoms with Crippen LogP contribution in [0, 0.1) is 0 Å². The van der Waals surface area contributed by atoms with Crippen molar-refractivity contribution in [3.05, 3.63) is 29.8 Å². The van der Waals surface area contributed by atoms with Crippen LogP contribution in [0.5, 0.6) is 5.75 Å². The number of nitrogens with zero attached hydrogens (tertiary/aromatic N) is 1. The van der Waals surface area contributed by atoms with E-state index in [-0.39, 0.29) is 18.3 Å². The molecule has 5 nitrogen and oxygen atoms in total. The standard InChI is InChI=1S/C15H22N2O3.ClH/c1-2-20-14-5-3-13(4-6-14)15(18)16-7-8-17-9-11-19-12-10-17;/h3-6H,2,7-12H2,1H3,(H,16,18);1H/p-1. The minimum absolute atomic E-state index is 0. The summed E-state index contributed by atoms with van der Waals surface area (Å²) >= 11 is 0. The Kier molecular flexibility index (Phi) is 8.12. The van der Waals surface area contributed by atoms with Gasteiger partial charge in [-0.15, -0.1) is 0 Å². The highest BCUT2D eigenvalue weighted by atomic mass is 35.5. The first kappa shape index (κ1) is 17.8. The molecule has 1 aliphatic heterocycles. The van der Waals surface area contributed by atoms with Crippen LogP contribution in [0.2, 0.25) is 0 Å². The molecule has 0 aliphatic carbocycles. The molecule has 1 amide bonds. The van der Waals surface area contributed by atoms with E-state index >= 15 is 0 Å². The van der Waals surface area contributed by atoms with Gasteiger partial charge in [-0.25, -0.2) is 0 Å². The number of carbonyl (C=O) groups excluding carboxylic acids is 1. The molecule has 0 spiro atoms. The number of benzene rings is 1. The van der Waals surface area contributed by atoms with E-state index in [1.165, 1.54) is 0 Å². The smallest absolute Gasteiger partial charge is 0.251 e. The third-order valence-electron chi connectivity index (χ3n) is 3.24. The van der Waals surface area contributed by atoms with Crippen molar-refractivity contribution >= 4 is 5.91 Å². The molecule has 1 fully saturated rings. The van der Waals surface area contributed by atoms with E-state index in [2.05, 4.69) is 10.2 Å². The SMILES string of the molecule is CCOc1ccc(C(=O)NCCN2CCOCC2)cc1.[Cl-]. The van der Waals surface area contributed by atoms with Crippen molar-refractivity contribution in [1.82, 2.24) is 10.2 Å². The Bertz CT molecular complexity index is 419. The molecular formula is C15H22ClN2O3-. The van der Waals surface area contributed by atoms with Gasteiger partial charge in [-0.1, -0.05) is 0 Å². The van der Waals surface area contributed by atoms with Gasteiger partial charge in [0.25, 0.3) is 5.91 Å². The predicted molar refractivity (Wildman–Crippen MR) is 77.2 cm³/mol. The van der Waals surface area contributed by atoms with Gasteiger partial charge in [0.1, 0.15) is 5.75 Å². The lowest BCUT2D eigenvalue weighted by molar-refractivity contribution is -0.0000154. The minimum Gasteiger partial charge on any atom is -1.00 e. The lowest BCUT2D eigenvalue weighted by atomic mass is 10.2. The van der Waals surface area contributed by atoms with Crippen LogP contribution in [0.4, 0.5) is 0 Å². The molecule has 0 aromatic heterocycles. The van der Waals surface area contributed by atoms with Crippen molar-refractivity contribution in [2.45, 2.75) is 6.92 Å². The Labute approximate surface area is 132 Å². The van der Waals surface area contributed by atoms with Crippen molar-refractivity contribution in [3.8, 4) is 5.75 Å². The highest BCUT2D eigenvalue weighted by Gasteiger charge is 2.10. The first-order valence-corrected chi connectivity index (χ1v) is 7.10. The van der Waals surface area contributed by atoms with E-state index in [4.69, 9.17) is 9.47 Å². The predicted octanol–water partition coefficient (Wildman–Crippen LogP) is -1.85. The second-order valence-corrected chi connectivity index (χ2v) is 4.67. The summed E-state index contributed by atoms with van der Waals surface area (Å²) in [5, 5.41) is 2.94. The highest BCUT2D eigenvalue weighted by Crippen LogP contribution is 2.11. The quantitative estimate of drug-likeness (QED) is 0.670. The molecule has 0 unspecified atom stereocenters. The summed E-state index contributed by atoms with van der Waals surface area (Å²) in [5.41, 5.74) is 0.662. The number of hydrogen-bond donors (Lipinski definition) is 1. The first-order valence-electron chi connectivity index (χ1n) is 7.10. The van der Waals surface area contributed by atoms with Gasteiger partial charge in [-0.2, -0.15) is 0 Å². The average Bonchev–Trinajstić information content (AvgIpc) is 2.49. The molecule has 2 rings (SSSR count). The second kappa shape index (κ2) is 9.60. The Balaban J connectivity index is 0.00000220. The molecule has 1 heterocycles. The maximum atomic E-state index is 12.0. The van der Waals surface area contributed by atoms with Crippen molar-refractivity contribution in [2.75, 3.05) is 46.0 Å². The van der Waals surface area contributed by atoms with Gasteiger partial charge in [-0.05, 0) is 31.2 Å². The van der Waals surface area contributed by atoms with Crippen molar-refractivity contribution in [2.24, 2.45) is 0 Å². The summed E-state index contributed by atoms with van der Waals surface area (Å²) in [6.07, 6.45) is 0. The summed E-state index contributed by atoms with van der Waals surface area (Å²) in [7, 11) is 0. The van der Waals surface area contributed by atoms with Crippen LogP contribution >= 0.6 is 0 Å². The summed E-state index contributed by atoms with van der Waals surface area (Å²) in [4.78, 5) is 14.3. The fourth-order valence-electron chi connectivity index (χ4n) is 2.12. The third-order valence-corrected chi connectivity index (χ3v) is 3.24. The average molecular weight is 314 g/mol. The zero-order valence-electron chi connectivity index (χ0n) is 12.3. The second-order valence-electron chi connectivity index (χ2n) is 4.67. The summed E-state index contributed by atoms with van der Waals surface area (Å²) < 4.78 is 10.6. The largest absolute Gasteiger partial charge is 1.00 e. The number of ether oxygens (including phenoxy) is 2. The fourth-order valence-corrected chi connectivity index (χ4v) is 2.12. The molecular weight excluding hydrogens is 292 g/mol. The maximum absolute atomic E-state index is 12.0. The van der Waals surface area contributed by atoms with E-state index in [1.807, 2.05) is 19.1 Å². The Hall–Kier alpha value is -1.30. The topological polar surface area (TPSA) is 50.8 Å². The number of rotatable bonds is 6. The van der Waals surface area contributed by atoms with Crippen molar-refractivity contribution < 1.29 is 26.7 Å². The number of morpholine rings is 1. The van der Waals surface area contributed by atoms with Crippen LogP contribution in [-0.2, 0) is 4.74 Å². The number of carbonyl (C=O) groups is 1. The number of amides is 1. The zero-order chi connectivity index (χ0) is 14.2. The van der Waals surface area contributed by atoms with Gasteiger partial charge < -0.3 is 27.2 Å². The molecule has 1 aromatic carbocycles. The molecule has 0 atom stereocenters. The maximum Gasteiger partial charge on any atom is 0.251 e. The first-order chi connectivity index (χ1) is 9.79. The van der Waals surface area contributed by atoms with E-state index in [9.17, 15) is 4.79 Å². The van der Waals surface area contributed by atoms with Crippen LogP contribution in [0.15, 0.2) is 24.3 Å². The molecule has 0 radical (unpaired) electrons. The Morgan fingerprint density at radius 1 is 1.29 bits per heavy atom.